The number of nitrogens with zero attached hydrogens (tertiary/aromatic N) is 1. The van der Waals surface area contributed by atoms with Gasteiger partial charge in [-0.1, -0.05) is 12.1 Å². The Morgan fingerprint density at radius 2 is 1.95 bits per heavy atom. The quantitative estimate of drug-likeness (QED) is 0.846. The molecule has 1 heterocycles. The predicted molar refractivity (Wildman–Crippen MR) is 78.6 cm³/mol. The summed E-state index contributed by atoms with van der Waals surface area (Å²) in [5.41, 5.74) is -3.39. The molecule has 1 N–H and O–H groups in total. The topological polar surface area (TPSA) is 40.5 Å². The van der Waals surface area contributed by atoms with Gasteiger partial charge in [0.25, 0.3) is 0 Å². The lowest BCUT2D eigenvalue weighted by Crippen LogP contribution is -2.43. The number of thioether (sulfide) groups is 1. The van der Waals surface area contributed by atoms with Crippen molar-refractivity contribution in [2.24, 2.45) is 5.92 Å². The van der Waals surface area contributed by atoms with Crippen LogP contribution in [-0.2, 0) is 11.3 Å². The van der Waals surface area contributed by atoms with Crippen LogP contribution in [0.1, 0.15) is 25.3 Å². The minimum atomic E-state index is -4.28. The molecule has 2 atom stereocenters. The Hall–Kier alpha value is -1.21. The molecule has 1 aliphatic rings. The summed E-state index contributed by atoms with van der Waals surface area (Å²) in [6, 6.07) is 6.53. The van der Waals surface area contributed by atoms with Crippen LogP contribution in [0.15, 0.2) is 29.2 Å². The molecule has 1 fully saturated rings. The third kappa shape index (κ3) is 4.91. The second kappa shape index (κ2) is 6.91. The van der Waals surface area contributed by atoms with E-state index in [9.17, 15) is 18.0 Å². The maximum absolute atomic E-state index is 12.3. The average Bonchev–Trinajstić information content (AvgIpc) is 2.41. The number of carbonyl (C=O) groups is 1. The molecule has 0 aromatic heterocycles. The van der Waals surface area contributed by atoms with Crippen molar-refractivity contribution in [3.05, 3.63) is 29.8 Å². The lowest BCUT2D eigenvalue weighted by molar-refractivity contribution is -0.144. The zero-order valence-corrected chi connectivity index (χ0v) is 13.0. The molecule has 2 unspecified atom stereocenters. The summed E-state index contributed by atoms with van der Waals surface area (Å²) >= 11 is -0.131. The van der Waals surface area contributed by atoms with Gasteiger partial charge < -0.3 is 5.11 Å². The third-order valence-electron chi connectivity index (χ3n) is 3.90. The van der Waals surface area contributed by atoms with E-state index < -0.39 is 11.5 Å². The molecule has 0 aliphatic carbocycles. The fourth-order valence-corrected chi connectivity index (χ4v) is 3.17. The second-order valence-corrected chi connectivity index (χ2v) is 6.72. The molecule has 0 radical (unpaired) electrons. The van der Waals surface area contributed by atoms with Gasteiger partial charge >= 0.3 is 11.5 Å². The molecule has 122 valence electrons. The molecule has 0 bridgehead atoms. The highest BCUT2D eigenvalue weighted by Gasteiger charge is 2.30. The first kappa shape index (κ1) is 17.1. The molecule has 1 aliphatic heterocycles. The average molecular weight is 333 g/mol. The van der Waals surface area contributed by atoms with Crippen molar-refractivity contribution in [3.63, 3.8) is 0 Å². The molecule has 1 saturated heterocycles. The maximum Gasteiger partial charge on any atom is 0.446 e. The Morgan fingerprint density at radius 1 is 1.32 bits per heavy atom. The molecule has 3 nitrogen and oxygen atoms in total. The highest BCUT2D eigenvalue weighted by atomic mass is 32.2. The summed E-state index contributed by atoms with van der Waals surface area (Å²) in [5, 5.41) is 9.12. The van der Waals surface area contributed by atoms with E-state index in [0.29, 0.717) is 19.5 Å². The van der Waals surface area contributed by atoms with E-state index >= 15 is 0 Å². The third-order valence-corrected chi connectivity index (χ3v) is 4.64. The molecular formula is C15H18F3NO2S. The highest BCUT2D eigenvalue weighted by molar-refractivity contribution is 8.00. The number of hydrogen-bond donors (Lipinski definition) is 1. The fraction of sp³-hybridized carbons (Fsp3) is 0.533. The molecule has 0 spiro atoms. The number of benzene rings is 1. The minimum Gasteiger partial charge on any atom is -0.481 e. The van der Waals surface area contributed by atoms with Crippen molar-refractivity contribution in [1.82, 2.24) is 4.90 Å². The Bertz CT molecular complexity index is 519. The van der Waals surface area contributed by atoms with Crippen LogP contribution in [0, 0.1) is 5.92 Å². The minimum absolute atomic E-state index is 0.131. The molecule has 1 aromatic carbocycles. The van der Waals surface area contributed by atoms with Gasteiger partial charge in [-0.15, -0.1) is 0 Å². The first-order chi connectivity index (χ1) is 10.2. The number of hydrogen-bond acceptors (Lipinski definition) is 3. The summed E-state index contributed by atoms with van der Waals surface area (Å²) in [4.78, 5) is 13.3. The Labute approximate surface area is 131 Å². The van der Waals surface area contributed by atoms with Crippen molar-refractivity contribution in [3.8, 4) is 0 Å². The number of halogens is 3. The summed E-state index contributed by atoms with van der Waals surface area (Å²) in [7, 11) is 0. The van der Waals surface area contributed by atoms with Gasteiger partial charge in [-0.2, -0.15) is 13.2 Å². The molecule has 7 heteroatoms. The second-order valence-electron chi connectivity index (χ2n) is 5.58. The number of aliphatic carboxylic acids is 1. The Morgan fingerprint density at radius 3 is 2.50 bits per heavy atom. The predicted octanol–water partition coefficient (Wildman–Crippen LogP) is 3.98. The first-order valence-corrected chi connectivity index (χ1v) is 7.88. The SMILES string of the molecule is CC1CCC(C(=O)O)CN1Cc1ccc(SC(F)(F)F)cc1. The van der Waals surface area contributed by atoms with Crippen LogP contribution in [0.5, 0.6) is 0 Å². The van der Waals surface area contributed by atoms with E-state index in [1.807, 2.05) is 6.92 Å². The van der Waals surface area contributed by atoms with Gasteiger partial charge in [-0.25, -0.2) is 0 Å². The van der Waals surface area contributed by atoms with Gasteiger partial charge in [-0.05, 0) is 49.2 Å². The molecule has 2 rings (SSSR count). The molecular weight excluding hydrogens is 315 g/mol. The van der Waals surface area contributed by atoms with Gasteiger partial charge in [0.05, 0.1) is 5.92 Å². The summed E-state index contributed by atoms with van der Waals surface area (Å²) in [6.45, 7) is 3.09. The number of rotatable bonds is 4. The molecule has 1 aromatic rings. The van der Waals surface area contributed by atoms with E-state index in [4.69, 9.17) is 5.11 Å². The molecule has 22 heavy (non-hydrogen) atoms. The summed E-state index contributed by atoms with van der Waals surface area (Å²) in [5.74, 6) is -1.15. The Balaban J connectivity index is 1.99. The number of carboxylic acids is 1. The van der Waals surface area contributed by atoms with Gasteiger partial charge in [0.15, 0.2) is 0 Å². The van der Waals surface area contributed by atoms with Crippen LogP contribution in [0.25, 0.3) is 0 Å². The molecule has 0 saturated carbocycles. The van der Waals surface area contributed by atoms with E-state index in [1.165, 1.54) is 12.1 Å². The van der Waals surface area contributed by atoms with Crippen molar-refractivity contribution in [2.75, 3.05) is 6.54 Å². The summed E-state index contributed by atoms with van der Waals surface area (Å²) < 4.78 is 36.9. The van der Waals surface area contributed by atoms with E-state index in [0.717, 1.165) is 12.0 Å². The van der Waals surface area contributed by atoms with Crippen LogP contribution < -0.4 is 0 Å². The van der Waals surface area contributed by atoms with Crippen molar-refractivity contribution in [2.45, 2.75) is 42.8 Å². The number of likely N-dealkylation sites (tertiary alicyclic amines) is 1. The zero-order chi connectivity index (χ0) is 16.3. The number of alkyl halides is 3. The monoisotopic (exact) mass is 333 g/mol. The maximum atomic E-state index is 12.3. The fourth-order valence-electron chi connectivity index (χ4n) is 2.63. The van der Waals surface area contributed by atoms with Crippen LogP contribution in [0.4, 0.5) is 13.2 Å². The van der Waals surface area contributed by atoms with E-state index in [1.54, 1.807) is 12.1 Å². The highest BCUT2D eigenvalue weighted by Crippen LogP contribution is 2.36. The number of carboxylic acid groups (broad SMARTS) is 1. The lowest BCUT2D eigenvalue weighted by Gasteiger charge is -2.36. The smallest absolute Gasteiger partial charge is 0.446 e. The van der Waals surface area contributed by atoms with Crippen LogP contribution >= 0.6 is 11.8 Å². The van der Waals surface area contributed by atoms with Crippen molar-refractivity contribution < 1.29 is 23.1 Å². The Kier molecular flexibility index (Phi) is 5.39. The standard InChI is InChI=1S/C15H18F3NO2S/c1-10-2-5-12(14(20)21)9-19(10)8-11-3-6-13(7-4-11)22-15(16,17)18/h3-4,6-7,10,12H,2,5,8-9H2,1H3,(H,20,21). The largest absolute Gasteiger partial charge is 0.481 e. The summed E-state index contributed by atoms with van der Waals surface area (Å²) in [6.07, 6.45) is 1.49. The normalized spacial score (nSPS) is 23.5. The lowest BCUT2D eigenvalue weighted by atomic mass is 9.93. The number of piperidine rings is 1. The van der Waals surface area contributed by atoms with Gasteiger partial charge in [0.1, 0.15) is 0 Å². The van der Waals surface area contributed by atoms with Gasteiger partial charge in [0, 0.05) is 24.0 Å². The van der Waals surface area contributed by atoms with Crippen LogP contribution in [-0.4, -0.2) is 34.1 Å². The van der Waals surface area contributed by atoms with Gasteiger partial charge in [-0.3, -0.25) is 9.69 Å². The van der Waals surface area contributed by atoms with E-state index in [2.05, 4.69) is 4.90 Å². The van der Waals surface area contributed by atoms with Crippen LogP contribution in [0.2, 0.25) is 0 Å². The van der Waals surface area contributed by atoms with E-state index in [-0.39, 0.29) is 28.6 Å². The van der Waals surface area contributed by atoms with Crippen molar-refractivity contribution >= 4 is 17.7 Å². The van der Waals surface area contributed by atoms with Crippen molar-refractivity contribution in [1.29, 1.82) is 0 Å². The first-order valence-electron chi connectivity index (χ1n) is 7.06. The van der Waals surface area contributed by atoms with Gasteiger partial charge in [0.2, 0.25) is 0 Å². The molecule has 0 amide bonds. The van der Waals surface area contributed by atoms with Crippen LogP contribution in [0.3, 0.4) is 0 Å². The zero-order valence-electron chi connectivity index (χ0n) is 12.1.